The first kappa shape index (κ1) is 24.3. The van der Waals surface area contributed by atoms with Gasteiger partial charge >= 0.3 is 18.4 Å². The Morgan fingerprint density at radius 3 is 1.94 bits per heavy atom. The number of carbonyl (C=O) groups is 1. The number of urea groups is 1. The van der Waals surface area contributed by atoms with Crippen LogP contribution in [0.2, 0.25) is 0 Å². The van der Waals surface area contributed by atoms with Gasteiger partial charge in [0, 0.05) is 27.9 Å². The molecule has 0 radical (unpaired) electrons. The van der Waals surface area contributed by atoms with Crippen LogP contribution in [0.1, 0.15) is 11.1 Å². The average molecular weight is 507 g/mol. The molecule has 0 unspecified atom stereocenters. The lowest BCUT2D eigenvalue weighted by atomic mass is 10.1. The number of halogens is 6. The Morgan fingerprint density at radius 2 is 1.31 bits per heavy atom. The summed E-state index contributed by atoms with van der Waals surface area (Å²) >= 11 is 1.43. The van der Waals surface area contributed by atoms with Gasteiger partial charge in [-0.2, -0.15) is 26.3 Å². The zero-order chi connectivity index (χ0) is 25.2. The van der Waals surface area contributed by atoms with Crippen molar-refractivity contribution in [2.24, 2.45) is 0 Å². The van der Waals surface area contributed by atoms with Crippen LogP contribution in [0.15, 0.2) is 78.2 Å². The standard InChI is InChI=1S/C24H15F6N3OS/c25-23(26,27)16-10-17(24(28,29)30)12-19(11-16)32-22(34)31-18-8-4-7-15(9-18)20-13-35-21(33-20)14-5-2-1-3-6-14/h1-13H,(H2,31,32,34). The molecule has 0 fully saturated rings. The minimum absolute atomic E-state index is 0.00981. The summed E-state index contributed by atoms with van der Waals surface area (Å²) in [5.74, 6) is 0. The predicted octanol–water partition coefficient (Wildman–Crippen LogP) is 8.16. The quantitative estimate of drug-likeness (QED) is 0.274. The molecular formula is C24H15F6N3OS. The topological polar surface area (TPSA) is 54.0 Å². The van der Waals surface area contributed by atoms with E-state index in [0.29, 0.717) is 23.4 Å². The molecule has 2 N–H and O–H groups in total. The Morgan fingerprint density at radius 1 is 0.714 bits per heavy atom. The highest BCUT2D eigenvalue weighted by atomic mass is 32.1. The van der Waals surface area contributed by atoms with E-state index in [1.54, 1.807) is 18.2 Å². The number of thiazole rings is 1. The normalized spacial score (nSPS) is 11.8. The number of nitrogens with zero attached hydrogens (tertiary/aromatic N) is 1. The van der Waals surface area contributed by atoms with Gasteiger partial charge in [0.05, 0.1) is 16.8 Å². The molecule has 1 heterocycles. The van der Waals surface area contributed by atoms with Crippen LogP contribution in [-0.2, 0) is 12.4 Å². The number of amides is 2. The summed E-state index contributed by atoms with van der Waals surface area (Å²) in [5, 5.41) is 7.08. The second-order valence-corrected chi connectivity index (χ2v) is 8.22. The van der Waals surface area contributed by atoms with Crippen molar-refractivity contribution in [3.63, 3.8) is 0 Å². The minimum atomic E-state index is -5.02. The van der Waals surface area contributed by atoms with Crippen LogP contribution >= 0.6 is 11.3 Å². The fraction of sp³-hybridized carbons (Fsp3) is 0.0833. The molecule has 1 aromatic heterocycles. The maximum Gasteiger partial charge on any atom is 0.416 e. The van der Waals surface area contributed by atoms with Crippen molar-refractivity contribution in [2.75, 3.05) is 10.6 Å². The molecule has 4 rings (SSSR count). The molecule has 3 aromatic carbocycles. The molecule has 0 bridgehead atoms. The second-order valence-electron chi connectivity index (χ2n) is 7.36. The number of hydrogen-bond acceptors (Lipinski definition) is 3. The molecule has 2 amide bonds. The summed E-state index contributed by atoms with van der Waals surface area (Å²) in [5.41, 5.74) is -1.17. The first-order chi connectivity index (χ1) is 16.5. The number of carbonyl (C=O) groups excluding carboxylic acids is 1. The molecule has 180 valence electrons. The first-order valence-electron chi connectivity index (χ1n) is 9.98. The number of benzene rings is 3. The number of rotatable bonds is 4. The Labute approximate surface area is 199 Å². The van der Waals surface area contributed by atoms with Crippen molar-refractivity contribution in [1.29, 1.82) is 0 Å². The van der Waals surface area contributed by atoms with Gasteiger partial charge in [-0.15, -0.1) is 11.3 Å². The Bertz CT molecular complexity index is 1320. The summed E-state index contributed by atoms with van der Waals surface area (Å²) in [6.07, 6.45) is -10.0. The number of nitrogens with one attached hydrogen (secondary N) is 2. The molecule has 0 saturated carbocycles. The van der Waals surface area contributed by atoms with Gasteiger partial charge in [0.1, 0.15) is 5.01 Å². The van der Waals surface area contributed by atoms with Gasteiger partial charge in [-0.1, -0.05) is 42.5 Å². The summed E-state index contributed by atoms with van der Waals surface area (Å²) in [4.78, 5) is 16.9. The zero-order valence-corrected chi connectivity index (χ0v) is 18.4. The first-order valence-corrected chi connectivity index (χ1v) is 10.9. The van der Waals surface area contributed by atoms with E-state index in [9.17, 15) is 31.1 Å². The van der Waals surface area contributed by atoms with Crippen molar-refractivity contribution in [3.8, 4) is 21.8 Å². The van der Waals surface area contributed by atoms with Gasteiger partial charge in [-0.3, -0.25) is 0 Å². The van der Waals surface area contributed by atoms with Crippen LogP contribution < -0.4 is 10.6 Å². The van der Waals surface area contributed by atoms with E-state index in [0.717, 1.165) is 10.6 Å². The van der Waals surface area contributed by atoms with Crippen LogP contribution in [0.5, 0.6) is 0 Å². The number of hydrogen-bond donors (Lipinski definition) is 2. The largest absolute Gasteiger partial charge is 0.416 e. The maximum absolute atomic E-state index is 13.0. The Hall–Kier alpha value is -3.86. The smallest absolute Gasteiger partial charge is 0.308 e. The van der Waals surface area contributed by atoms with E-state index in [1.807, 2.05) is 41.0 Å². The molecule has 0 aliphatic heterocycles. The van der Waals surface area contributed by atoms with Crippen molar-refractivity contribution in [1.82, 2.24) is 4.98 Å². The zero-order valence-electron chi connectivity index (χ0n) is 17.5. The number of anilines is 2. The monoisotopic (exact) mass is 507 g/mol. The molecule has 0 saturated heterocycles. The van der Waals surface area contributed by atoms with Gasteiger partial charge < -0.3 is 10.6 Å². The highest BCUT2D eigenvalue weighted by Crippen LogP contribution is 2.37. The van der Waals surface area contributed by atoms with Crippen molar-refractivity contribution in [2.45, 2.75) is 12.4 Å². The SMILES string of the molecule is O=C(Nc1cccc(-c2csc(-c3ccccc3)n2)c1)Nc1cc(C(F)(F)F)cc(C(F)(F)F)c1. The van der Waals surface area contributed by atoms with E-state index in [-0.39, 0.29) is 11.8 Å². The van der Waals surface area contributed by atoms with Gasteiger partial charge in [-0.05, 0) is 30.3 Å². The summed E-state index contributed by atoms with van der Waals surface area (Å²) in [7, 11) is 0. The van der Waals surface area contributed by atoms with E-state index < -0.39 is 35.2 Å². The Kier molecular flexibility index (Phi) is 6.53. The molecule has 4 aromatic rings. The summed E-state index contributed by atoms with van der Waals surface area (Å²) < 4.78 is 78.2. The third-order valence-corrected chi connectivity index (χ3v) is 5.68. The third-order valence-electron chi connectivity index (χ3n) is 4.79. The van der Waals surface area contributed by atoms with Gasteiger partial charge in [-0.25, -0.2) is 9.78 Å². The lowest BCUT2D eigenvalue weighted by molar-refractivity contribution is -0.143. The van der Waals surface area contributed by atoms with E-state index in [4.69, 9.17) is 0 Å². The number of alkyl halides is 6. The van der Waals surface area contributed by atoms with Gasteiger partial charge in [0.25, 0.3) is 0 Å². The molecule has 35 heavy (non-hydrogen) atoms. The van der Waals surface area contributed by atoms with Crippen molar-refractivity contribution < 1.29 is 31.1 Å². The van der Waals surface area contributed by atoms with E-state index in [2.05, 4.69) is 10.3 Å². The third kappa shape index (κ3) is 5.99. The maximum atomic E-state index is 13.0. The second kappa shape index (κ2) is 9.41. The van der Waals surface area contributed by atoms with Crippen LogP contribution in [-0.4, -0.2) is 11.0 Å². The fourth-order valence-corrected chi connectivity index (χ4v) is 4.03. The molecule has 11 heteroatoms. The van der Waals surface area contributed by atoms with E-state index >= 15 is 0 Å². The highest BCUT2D eigenvalue weighted by Gasteiger charge is 2.37. The summed E-state index contributed by atoms with van der Waals surface area (Å²) in [6.45, 7) is 0. The van der Waals surface area contributed by atoms with Crippen LogP contribution in [0, 0.1) is 0 Å². The van der Waals surface area contributed by atoms with Crippen molar-refractivity contribution in [3.05, 3.63) is 89.3 Å². The minimum Gasteiger partial charge on any atom is -0.308 e. The van der Waals surface area contributed by atoms with Crippen molar-refractivity contribution >= 4 is 28.7 Å². The lowest BCUT2D eigenvalue weighted by Crippen LogP contribution is -2.20. The van der Waals surface area contributed by atoms with Gasteiger partial charge in [0.15, 0.2) is 0 Å². The number of aromatic nitrogens is 1. The average Bonchev–Trinajstić information content (AvgIpc) is 3.29. The molecule has 0 aliphatic carbocycles. The van der Waals surface area contributed by atoms with Crippen LogP contribution in [0.4, 0.5) is 42.5 Å². The summed E-state index contributed by atoms with van der Waals surface area (Å²) in [6, 6.07) is 15.9. The van der Waals surface area contributed by atoms with Gasteiger partial charge in [0.2, 0.25) is 0 Å². The highest BCUT2D eigenvalue weighted by molar-refractivity contribution is 7.13. The predicted molar refractivity (Wildman–Crippen MR) is 122 cm³/mol. The van der Waals surface area contributed by atoms with Crippen LogP contribution in [0.3, 0.4) is 0 Å². The van der Waals surface area contributed by atoms with Crippen LogP contribution in [0.25, 0.3) is 21.8 Å². The Balaban J connectivity index is 1.52. The molecule has 0 spiro atoms. The molecule has 0 atom stereocenters. The molecular weight excluding hydrogens is 492 g/mol. The molecule has 4 nitrogen and oxygen atoms in total. The lowest BCUT2D eigenvalue weighted by Gasteiger charge is -2.15. The molecule has 0 aliphatic rings. The fourth-order valence-electron chi connectivity index (χ4n) is 3.20. The van der Waals surface area contributed by atoms with E-state index in [1.165, 1.54) is 17.4 Å².